The third-order valence-electron chi connectivity index (χ3n) is 4.74. The van der Waals surface area contributed by atoms with E-state index < -0.39 is 0 Å². The molecule has 4 heteroatoms. The monoisotopic (exact) mass is 337 g/mol. The van der Waals surface area contributed by atoms with Gasteiger partial charge in [0.05, 0.1) is 18.3 Å². The van der Waals surface area contributed by atoms with Crippen LogP contribution in [-0.4, -0.2) is 16.9 Å². The smallest absolute Gasteiger partial charge is 0.228 e. The Labute approximate surface area is 150 Å². The Bertz CT molecular complexity index is 671. The summed E-state index contributed by atoms with van der Waals surface area (Å²) in [4.78, 5) is 16.6. The number of nitrogens with one attached hydrogen (secondary N) is 2. The molecule has 1 saturated carbocycles. The van der Waals surface area contributed by atoms with E-state index in [1.807, 2.05) is 43.3 Å². The van der Waals surface area contributed by atoms with E-state index in [9.17, 15) is 4.79 Å². The number of nitrogens with zero attached hydrogens (tertiary/aromatic N) is 1. The van der Waals surface area contributed by atoms with Gasteiger partial charge in [0.25, 0.3) is 0 Å². The highest BCUT2D eigenvalue weighted by Gasteiger charge is 2.12. The standard InChI is InChI=1S/C21H27N3O/c1-16-8-10-17(11-9-16)14-21(25)24-19-12-13-20(22-15-19)23-18-6-4-2-3-5-7-18/h8-13,15,18H,2-7,14H2,1H3,(H,22,23)(H,24,25). The van der Waals surface area contributed by atoms with E-state index in [-0.39, 0.29) is 5.91 Å². The number of anilines is 2. The summed E-state index contributed by atoms with van der Waals surface area (Å²) in [7, 11) is 0. The second kappa shape index (κ2) is 8.65. The SMILES string of the molecule is Cc1ccc(CC(=O)Nc2ccc(NC3CCCCCC3)nc2)cc1. The average Bonchev–Trinajstić information content (AvgIpc) is 2.87. The van der Waals surface area contributed by atoms with E-state index in [4.69, 9.17) is 0 Å². The van der Waals surface area contributed by atoms with Gasteiger partial charge in [-0.2, -0.15) is 0 Å². The summed E-state index contributed by atoms with van der Waals surface area (Å²) in [5.41, 5.74) is 2.95. The second-order valence-electron chi connectivity index (χ2n) is 6.98. The maximum Gasteiger partial charge on any atom is 0.228 e. The van der Waals surface area contributed by atoms with E-state index in [1.54, 1.807) is 6.20 Å². The summed E-state index contributed by atoms with van der Waals surface area (Å²) in [5.74, 6) is 0.874. The van der Waals surface area contributed by atoms with Crippen LogP contribution in [0, 0.1) is 6.92 Å². The molecular weight excluding hydrogens is 310 g/mol. The second-order valence-corrected chi connectivity index (χ2v) is 6.98. The summed E-state index contributed by atoms with van der Waals surface area (Å²) in [6.45, 7) is 2.04. The van der Waals surface area contributed by atoms with Crippen LogP contribution in [0.15, 0.2) is 42.6 Å². The molecule has 1 aromatic carbocycles. The minimum atomic E-state index is -0.0184. The molecule has 4 nitrogen and oxygen atoms in total. The van der Waals surface area contributed by atoms with E-state index in [0.717, 1.165) is 17.1 Å². The number of carbonyl (C=O) groups is 1. The summed E-state index contributed by atoms with van der Waals surface area (Å²) >= 11 is 0. The molecule has 0 bridgehead atoms. The van der Waals surface area contributed by atoms with Crippen LogP contribution in [0.25, 0.3) is 0 Å². The molecule has 0 radical (unpaired) electrons. The number of benzene rings is 1. The zero-order valence-electron chi connectivity index (χ0n) is 14.9. The minimum absolute atomic E-state index is 0.0184. The van der Waals surface area contributed by atoms with Gasteiger partial charge in [-0.15, -0.1) is 0 Å². The fourth-order valence-corrected chi connectivity index (χ4v) is 3.28. The Morgan fingerprint density at radius 2 is 1.76 bits per heavy atom. The first-order valence-electron chi connectivity index (χ1n) is 9.27. The van der Waals surface area contributed by atoms with Gasteiger partial charge in [0.1, 0.15) is 5.82 Å². The maximum atomic E-state index is 12.2. The van der Waals surface area contributed by atoms with Crippen molar-refractivity contribution in [2.75, 3.05) is 10.6 Å². The molecule has 0 saturated heterocycles. The van der Waals surface area contributed by atoms with E-state index in [0.29, 0.717) is 12.5 Å². The van der Waals surface area contributed by atoms with Gasteiger partial charge in [-0.3, -0.25) is 4.79 Å². The van der Waals surface area contributed by atoms with Crippen molar-refractivity contribution in [1.82, 2.24) is 4.98 Å². The van der Waals surface area contributed by atoms with E-state index >= 15 is 0 Å². The number of hydrogen-bond donors (Lipinski definition) is 2. The zero-order chi connectivity index (χ0) is 17.5. The number of carbonyl (C=O) groups excluding carboxylic acids is 1. The quantitative estimate of drug-likeness (QED) is 0.777. The lowest BCUT2D eigenvalue weighted by atomic mass is 10.1. The van der Waals surface area contributed by atoms with Gasteiger partial charge in [0.2, 0.25) is 5.91 Å². The van der Waals surface area contributed by atoms with Gasteiger partial charge < -0.3 is 10.6 Å². The van der Waals surface area contributed by atoms with Crippen LogP contribution in [0.2, 0.25) is 0 Å². The van der Waals surface area contributed by atoms with Crippen molar-refractivity contribution >= 4 is 17.4 Å². The number of pyridine rings is 1. The molecule has 3 rings (SSSR count). The van der Waals surface area contributed by atoms with E-state index in [2.05, 4.69) is 15.6 Å². The number of aryl methyl sites for hydroxylation is 1. The lowest BCUT2D eigenvalue weighted by Gasteiger charge is -2.17. The molecule has 1 aliphatic rings. The lowest BCUT2D eigenvalue weighted by Crippen LogP contribution is -2.19. The van der Waals surface area contributed by atoms with Crippen molar-refractivity contribution in [3.8, 4) is 0 Å². The third kappa shape index (κ3) is 5.59. The highest BCUT2D eigenvalue weighted by molar-refractivity contribution is 5.92. The normalized spacial score (nSPS) is 15.4. The molecule has 0 aliphatic heterocycles. The first-order chi connectivity index (χ1) is 12.2. The van der Waals surface area contributed by atoms with Crippen molar-refractivity contribution < 1.29 is 4.79 Å². The first kappa shape index (κ1) is 17.5. The fraction of sp³-hybridized carbons (Fsp3) is 0.429. The fourth-order valence-electron chi connectivity index (χ4n) is 3.28. The van der Waals surface area contributed by atoms with Crippen LogP contribution < -0.4 is 10.6 Å². The van der Waals surface area contributed by atoms with Crippen molar-refractivity contribution in [3.63, 3.8) is 0 Å². The van der Waals surface area contributed by atoms with Crippen LogP contribution in [0.5, 0.6) is 0 Å². The van der Waals surface area contributed by atoms with E-state index in [1.165, 1.54) is 44.1 Å². The predicted molar refractivity (Wildman–Crippen MR) is 103 cm³/mol. The van der Waals surface area contributed by atoms with Crippen molar-refractivity contribution in [2.45, 2.75) is 57.9 Å². The van der Waals surface area contributed by atoms with Crippen molar-refractivity contribution in [2.24, 2.45) is 0 Å². The van der Waals surface area contributed by atoms with Gasteiger partial charge in [-0.05, 0) is 37.5 Å². The number of amides is 1. The van der Waals surface area contributed by atoms with Crippen LogP contribution in [0.1, 0.15) is 49.7 Å². The Kier molecular flexibility index (Phi) is 6.04. The van der Waals surface area contributed by atoms with Crippen LogP contribution >= 0.6 is 0 Å². The van der Waals surface area contributed by atoms with Gasteiger partial charge in [-0.1, -0.05) is 55.5 Å². The third-order valence-corrected chi connectivity index (χ3v) is 4.74. The molecule has 2 aromatic rings. The molecule has 1 fully saturated rings. The summed E-state index contributed by atoms with van der Waals surface area (Å²) in [6, 6.07) is 12.4. The molecule has 1 amide bonds. The molecule has 25 heavy (non-hydrogen) atoms. The van der Waals surface area contributed by atoms with Crippen molar-refractivity contribution in [3.05, 3.63) is 53.7 Å². The van der Waals surface area contributed by atoms with Gasteiger partial charge in [0.15, 0.2) is 0 Å². The Balaban J connectivity index is 1.51. The lowest BCUT2D eigenvalue weighted by molar-refractivity contribution is -0.115. The molecule has 0 atom stereocenters. The number of aromatic nitrogens is 1. The Morgan fingerprint density at radius 1 is 1.04 bits per heavy atom. The molecule has 0 spiro atoms. The Morgan fingerprint density at radius 3 is 2.40 bits per heavy atom. The maximum absolute atomic E-state index is 12.2. The predicted octanol–water partition coefficient (Wildman–Crippen LogP) is 4.71. The summed E-state index contributed by atoms with van der Waals surface area (Å²) < 4.78 is 0. The van der Waals surface area contributed by atoms with Crippen LogP contribution in [0.3, 0.4) is 0 Å². The van der Waals surface area contributed by atoms with Gasteiger partial charge in [0, 0.05) is 6.04 Å². The number of rotatable bonds is 5. The highest BCUT2D eigenvalue weighted by Crippen LogP contribution is 2.21. The topological polar surface area (TPSA) is 54.0 Å². The van der Waals surface area contributed by atoms with Gasteiger partial charge in [-0.25, -0.2) is 4.98 Å². The molecule has 1 aromatic heterocycles. The Hall–Kier alpha value is -2.36. The summed E-state index contributed by atoms with van der Waals surface area (Å²) in [5, 5.41) is 6.44. The molecule has 0 unspecified atom stereocenters. The number of hydrogen-bond acceptors (Lipinski definition) is 3. The minimum Gasteiger partial charge on any atom is -0.367 e. The molecule has 1 aliphatic carbocycles. The molecule has 2 N–H and O–H groups in total. The molecule has 132 valence electrons. The largest absolute Gasteiger partial charge is 0.367 e. The average molecular weight is 337 g/mol. The van der Waals surface area contributed by atoms with Gasteiger partial charge >= 0.3 is 0 Å². The zero-order valence-corrected chi connectivity index (χ0v) is 14.9. The first-order valence-corrected chi connectivity index (χ1v) is 9.27. The van der Waals surface area contributed by atoms with Crippen LogP contribution in [-0.2, 0) is 11.2 Å². The highest BCUT2D eigenvalue weighted by atomic mass is 16.1. The summed E-state index contributed by atoms with van der Waals surface area (Å²) in [6.07, 6.45) is 9.83. The molecule has 1 heterocycles. The molecular formula is C21H27N3O. The van der Waals surface area contributed by atoms with Crippen LogP contribution in [0.4, 0.5) is 11.5 Å². The van der Waals surface area contributed by atoms with Crippen molar-refractivity contribution in [1.29, 1.82) is 0 Å².